The molecule has 2 N–H and O–H groups in total. The first-order valence-corrected chi connectivity index (χ1v) is 6.91. The summed E-state index contributed by atoms with van der Waals surface area (Å²) >= 11 is 0. The van der Waals surface area contributed by atoms with Crippen molar-refractivity contribution >= 4 is 5.91 Å². The molecule has 0 unspecified atom stereocenters. The molecule has 0 spiro atoms. The van der Waals surface area contributed by atoms with E-state index in [0.717, 1.165) is 25.7 Å². The third-order valence-electron chi connectivity index (χ3n) is 3.96. The first kappa shape index (κ1) is 14.0. The largest absolute Gasteiger partial charge is 0.390 e. The predicted molar refractivity (Wildman–Crippen MR) is 73.7 cm³/mol. The van der Waals surface area contributed by atoms with Gasteiger partial charge in [0.05, 0.1) is 5.60 Å². The Kier molecular flexibility index (Phi) is 4.20. The molecule has 1 aromatic rings. The third kappa shape index (κ3) is 3.77. The van der Waals surface area contributed by atoms with Crippen LogP contribution in [-0.2, 0) is 0 Å². The average molecular weight is 262 g/mol. The number of nitrogens with zero attached hydrogens (tertiary/aromatic N) is 1. The number of rotatable bonds is 3. The summed E-state index contributed by atoms with van der Waals surface area (Å²) < 4.78 is 0. The molecule has 1 saturated carbocycles. The monoisotopic (exact) mass is 262 g/mol. The lowest BCUT2D eigenvalue weighted by molar-refractivity contribution is -0.00258. The second-order valence-corrected chi connectivity index (χ2v) is 5.89. The Morgan fingerprint density at radius 3 is 2.53 bits per heavy atom. The Bertz CT molecular complexity index is 418. The summed E-state index contributed by atoms with van der Waals surface area (Å²) in [5, 5.41) is 13.0. The third-order valence-corrected chi connectivity index (χ3v) is 3.96. The molecule has 1 fully saturated rings. The molecule has 0 radical (unpaired) electrons. The maximum absolute atomic E-state index is 12.0. The summed E-state index contributed by atoms with van der Waals surface area (Å²) in [7, 11) is 0. The minimum atomic E-state index is -0.615. The molecule has 4 nitrogen and oxygen atoms in total. The Balaban J connectivity index is 1.85. The number of pyridine rings is 1. The fourth-order valence-corrected chi connectivity index (χ4v) is 2.70. The van der Waals surface area contributed by atoms with Crippen LogP contribution in [-0.4, -0.2) is 27.6 Å². The van der Waals surface area contributed by atoms with Gasteiger partial charge in [-0.3, -0.25) is 9.78 Å². The van der Waals surface area contributed by atoms with Gasteiger partial charge in [-0.25, -0.2) is 0 Å². The lowest BCUT2D eigenvalue weighted by atomic mass is 9.77. The van der Waals surface area contributed by atoms with Crippen LogP contribution in [0.1, 0.15) is 50.0 Å². The molecule has 0 aliphatic heterocycles. The van der Waals surface area contributed by atoms with Crippen LogP contribution in [0, 0.1) is 5.92 Å². The van der Waals surface area contributed by atoms with Crippen molar-refractivity contribution in [2.75, 3.05) is 0 Å². The first-order chi connectivity index (χ1) is 8.97. The van der Waals surface area contributed by atoms with Crippen molar-refractivity contribution in [1.82, 2.24) is 10.3 Å². The number of carbonyl (C=O) groups excluding carboxylic acids is 1. The number of amides is 1. The van der Waals surface area contributed by atoms with Gasteiger partial charge in [0.25, 0.3) is 5.91 Å². The zero-order chi connectivity index (χ0) is 13.9. The van der Waals surface area contributed by atoms with Crippen LogP contribution in [0.4, 0.5) is 0 Å². The normalized spacial score (nSPS) is 23.9. The number of nitrogens with one attached hydrogen (secondary N) is 1. The van der Waals surface area contributed by atoms with E-state index in [1.165, 1.54) is 0 Å². The molecule has 19 heavy (non-hydrogen) atoms. The van der Waals surface area contributed by atoms with E-state index in [9.17, 15) is 9.90 Å². The van der Waals surface area contributed by atoms with Gasteiger partial charge in [0.2, 0.25) is 0 Å². The van der Waals surface area contributed by atoms with Crippen LogP contribution in [0.2, 0.25) is 0 Å². The van der Waals surface area contributed by atoms with Crippen LogP contribution >= 0.6 is 0 Å². The zero-order valence-electron chi connectivity index (χ0n) is 11.6. The van der Waals surface area contributed by atoms with Crippen molar-refractivity contribution in [3.8, 4) is 0 Å². The zero-order valence-corrected chi connectivity index (χ0v) is 11.6. The molecule has 1 amide bonds. The van der Waals surface area contributed by atoms with Gasteiger partial charge in [-0.15, -0.1) is 0 Å². The summed E-state index contributed by atoms with van der Waals surface area (Å²) in [6.45, 7) is 3.73. The first-order valence-electron chi connectivity index (χ1n) is 6.91. The summed E-state index contributed by atoms with van der Waals surface area (Å²) in [6, 6.07) is 5.53. The molecular weight excluding hydrogens is 240 g/mol. The molecule has 1 aliphatic carbocycles. The molecule has 0 saturated heterocycles. The van der Waals surface area contributed by atoms with E-state index in [4.69, 9.17) is 0 Å². The maximum Gasteiger partial charge on any atom is 0.270 e. The molecule has 1 aromatic heterocycles. The molecule has 4 heteroatoms. The molecule has 1 aliphatic rings. The van der Waals surface area contributed by atoms with E-state index in [1.54, 1.807) is 18.3 Å². The fourth-order valence-electron chi connectivity index (χ4n) is 2.70. The van der Waals surface area contributed by atoms with Crippen LogP contribution in [0.3, 0.4) is 0 Å². The van der Waals surface area contributed by atoms with Gasteiger partial charge >= 0.3 is 0 Å². The van der Waals surface area contributed by atoms with E-state index < -0.39 is 5.60 Å². The molecule has 2 rings (SSSR count). The van der Waals surface area contributed by atoms with Gasteiger partial charge in [0.15, 0.2) is 0 Å². The number of carbonyl (C=O) groups is 1. The standard InChI is InChI=1S/C15H22N2O2/c1-15(2,19)11-6-8-12(9-7-11)17-14(18)13-5-3-4-10-16-13/h3-5,10-12,19H,6-9H2,1-2H3,(H,17,18). The number of hydrogen-bond acceptors (Lipinski definition) is 3. The lowest BCUT2D eigenvalue weighted by Crippen LogP contribution is -2.41. The average Bonchev–Trinajstić information content (AvgIpc) is 2.39. The summed E-state index contributed by atoms with van der Waals surface area (Å²) in [6.07, 6.45) is 5.38. The van der Waals surface area contributed by atoms with Crippen molar-refractivity contribution < 1.29 is 9.90 Å². The highest BCUT2D eigenvalue weighted by Gasteiger charge is 2.31. The predicted octanol–water partition coefficient (Wildman–Crippen LogP) is 2.14. The topological polar surface area (TPSA) is 62.2 Å². The van der Waals surface area contributed by atoms with Gasteiger partial charge in [-0.05, 0) is 57.6 Å². The Morgan fingerprint density at radius 1 is 1.32 bits per heavy atom. The highest BCUT2D eigenvalue weighted by atomic mass is 16.3. The summed E-state index contributed by atoms with van der Waals surface area (Å²) in [4.78, 5) is 16.0. The quantitative estimate of drug-likeness (QED) is 0.877. The highest BCUT2D eigenvalue weighted by Crippen LogP contribution is 2.32. The van der Waals surface area contributed by atoms with E-state index >= 15 is 0 Å². The van der Waals surface area contributed by atoms with Crippen molar-refractivity contribution in [3.05, 3.63) is 30.1 Å². The molecular formula is C15H22N2O2. The lowest BCUT2D eigenvalue weighted by Gasteiger charge is -2.36. The fraction of sp³-hybridized carbons (Fsp3) is 0.600. The molecule has 0 aromatic carbocycles. The minimum Gasteiger partial charge on any atom is -0.390 e. The smallest absolute Gasteiger partial charge is 0.270 e. The van der Waals surface area contributed by atoms with E-state index in [1.807, 2.05) is 19.9 Å². The van der Waals surface area contributed by atoms with Crippen molar-refractivity contribution in [1.29, 1.82) is 0 Å². The van der Waals surface area contributed by atoms with Crippen LogP contribution in [0.25, 0.3) is 0 Å². The Hall–Kier alpha value is -1.42. The minimum absolute atomic E-state index is 0.104. The van der Waals surface area contributed by atoms with Gasteiger partial charge < -0.3 is 10.4 Å². The maximum atomic E-state index is 12.0. The second kappa shape index (κ2) is 5.70. The highest BCUT2D eigenvalue weighted by molar-refractivity contribution is 5.92. The summed E-state index contributed by atoms with van der Waals surface area (Å²) in [5.41, 5.74) is -0.150. The number of aromatic nitrogens is 1. The Morgan fingerprint density at radius 2 is 2.00 bits per heavy atom. The van der Waals surface area contributed by atoms with Crippen LogP contribution < -0.4 is 5.32 Å². The van der Waals surface area contributed by atoms with E-state index in [0.29, 0.717) is 11.6 Å². The van der Waals surface area contributed by atoms with Gasteiger partial charge in [-0.1, -0.05) is 6.07 Å². The molecule has 0 bridgehead atoms. The molecule has 0 atom stereocenters. The molecule has 104 valence electrons. The molecule has 1 heterocycles. The van der Waals surface area contributed by atoms with Gasteiger partial charge in [0.1, 0.15) is 5.69 Å². The van der Waals surface area contributed by atoms with Crippen LogP contribution in [0.5, 0.6) is 0 Å². The van der Waals surface area contributed by atoms with Crippen molar-refractivity contribution in [3.63, 3.8) is 0 Å². The Labute approximate surface area is 114 Å². The van der Waals surface area contributed by atoms with Crippen LogP contribution in [0.15, 0.2) is 24.4 Å². The second-order valence-electron chi connectivity index (χ2n) is 5.89. The van der Waals surface area contributed by atoms with E-state index in [-0.39, 0.29) is 11.9 Å². The SMILES string of the molecule is CC(C)(O)C1CCC(NC(=O)c2ccccn2)CC1. The number of aliphatic hydroxyl groups is 1. The summed E-state index contributed by atoms with van der Waals surface area (Å²) in [5.74, 6) is 0.225. The van der Waals surface area contributed by atoms with Gasteiger partial charge in [-0.2, -0.15) is 0 Å². The van der Waals surface area contributed by atoms with E-state index in [2.05, 4.69) is 10.3 Å². The van der Waals surface area contributed by atoms with Gasteiger partial charge in [0, 0.05) is 12.2 Å². The van der Waals surface area contributed by atoms with Crippen molar-refractivity contribution in [2.24, 2.45) is 5.92 Å². The van der Waals surface area contributed by atoms with Crippen molar-refractivity contribution in [2.45, 2.75) is 51.2 Å². The number of hydrogen-bond donors (Lipinski definition) is 2.